The van der Waals surface area contributed by atoms with Gasteiger partial charge in [0, 0.05) is 31.1 Å². The lowest BCUT2D eigenvalue weighted by molar-refractivity contribution is -0.137. The number of nitrogens with zero attached hydrogens (tertiary/aromatic N) is 3. The van der Waals surface area contributed by atoms with Crippen molar-refractivity contribution in [1.29, 1.82) is 0 Å². The van der Waals surface area contributed by atoms with E-state index in [1.165, 1.54) is 4.31 Å². The zero-order chi connectivity index (χ0) is 21.1. The Morgan fingerprint density at radius 1 is 1.20 bits per heavy atom. The van der Waals surface area contributed by atoms with Crippen LogP contribution in [0.4, 0.5) is 0 Å². The van der Waals surface area contributed by atoms with E-state index in [9.17, 15) is 13.2 Å². The molecule has 0 bridgehead atoms. The summed E-state index contributed by atoms with van der Waals surface area (Å²) in [5, 5.41) is 5.86. The average Bonchev–Trinajstić information content (AvgIpc) is 3.42. The van der Waals surface area contributed by atoms with E-state index in [0.717, 1.165) is 43.6 Å². The Kier molecular flexibility index (Phi) is 6.40. The van der Waals surface area contributed by atoms with Gasteiger partial charge in [0.2, 0.25) is 15.9 Å². The lowest BCUT2D eigenvalue weighted by Crippen LogP contribution is -2.48. The van der Waals surface area contributed by atoms with Crippen molar-refractivity contribution in [2.45, 2.75) is 43.9 Å². The lowest BCUT2D eigenvalue weighted by Gasteiger charge is -2.35. The predicted octanol–water partition coefficient (Wildman–Crippen LogP) is 3.63. The van der Waals surface area contributed by atoms with Crippen molar-refractivity contribution in [2.75, 3.05) is 26.2 Å². The molecule has 0 aliphatic carbocycles. The number of likely N-dealkylation sites (tertiary alicyclic amines) is 1. The minimum Gasteiger partial charge on any atom is -0.355 e. The highest BCUT2D eigenvalue weighted by atomic mass is 32.2. The fourth-order valence-electron chi connectivity index (χ4n) is 4.21. The molecule has 2 aromatic heterocycles. The van der Waals surface area contributed by atoms with E-state index in [0.29, 0.717) is 18.7 Å². The monoisotopic (exact) mass is 449 g/mol. The summed E-state index contributed by atoms with van der Waals surface area (Å²) in [6.45, 7) is 3.83. The summed E-state index contributed by atoms with van der Waals surface area (Å²) in [6, 6.07) is 3.88. The zero-order valence-corrected chi connectivity index (χ0v) is 18.8. The molecule has 0 aromatic carbocycles. The summed E-state index contributed by atoms with van der Waals surface area (Å²) in [7, 11) is -3.81. The van der Waals surface area contributed by atoms with Crippen LogP contribution in [0.25, 0.3) is 12.2 Å². The third kappa shape index (κ3) is 4.38. The standard InChI is InChI=1S/C21H27N3O4S2/c1-16-20(19(28-22-16)10-9-18-8-6-14-29-18)30(26,27)24-13-5-7-17(15-24)21(25)23-11-3-2-4-12-23/h6,8-10,14,17H,2-5,7,11-13,15H2,1H3/b10-9+. The second-order valence-corrected chi connectivity index (χ2v) is 10.8. The zero-order valence-electron chi connectivity index (χ0n) is 17.1. The molecule has 1 unspecified atom stereocenters. The SMILES string of the molecule is Cc1noc(/C=C/c2cccs2)c1S(=O)(=O)N1CCCC(C(=O)N2CCCCC2)C1. The molecule has 162 valence electrons. The summed E-state index contributed by atoms with van der Waals surface area (Å²) in [6.07, 6.45) is 8.09. The molecule has 9 heteroatoms. The van der Waals surface area contributed by atoms with Crippen molar-refractivity contribution in [3.8, 4) is 0 Å². The van der Waals surface area contributed by atoms with Crippen molar-refractivity contribution >= 4 is 39.4 Å². The van der Waals surface area contributed by atoms with E-state index in [1.54, 1.807) is 24.3 Å². The van der Waals surface area contributed by atoms with Crippen LogP contribution in [0.1, 0.15) is 48.4 Å². The van der Waals surface area contributed by atoms with E-state index >= 15 is 0 Å². The number of hydrogen-bond donors (Lipinski definition) is 0. The van der Waals surface area contributed by atoms with Crippen LogP contribution < -0.4 is 0 Å². The quantitative estimate of drug-likeness (QED) is 0.696. The maximum atomic E-state index is 13.5. The van der Waals surface area contributed by atoms with Gasteiger partial charge < -0.3 is 9.42 Å². The Morgan fingerprint density at radius 2 is 2.00 bits per heavy atom. The lowest BCUT2D eigenvalue weighted by atomic mass is 9.97. The Hall–Kier alpha value is -1.97. The molecule has 0 radical (unpaired) electrons. The molecule has 2 aromatic rings. The van der Waals surface area contributed by atoms with Gasteiger partial charge in [-0.3, -0.25) is 4.79 Å². The third-order valence-corrected chi connectivity index (χ3v) is 8.64. The van der Waals surface area contributed by atoms with E-state index in [-0.39, 0.29) is 29.0 Å². The smallest absolute Gasteiger partial charge is 0.248 e. The van der Waals surface area contributed by atoms with Crippen LogP contribution in [0.15, 0.2) is 26.9 Å². The number of rotatable bonds is 5. The largest absolute Gasteiger partial charge is 0.355 e. The summed E-state index contributed by atoms with van der Waals surface area (Å²) in [4.78, 5) is 15.9. The predicted molar refractivity (Wildman–Crippen MR) is 116 cm³/mol. The second kappa shape index (κ2) is 9.03. The van der Waals surface area contributed by atoms with Gasteiger partial charge in [0.1, 0.15) is 5.69 Å². The fraction of sp³-hybridized carbons (Fsp3) is 0.524. The molecule has 4 heterocycles. The Labute approximate surface area is 181 Å². The number of carbonyl (C=O) groups excluding carboxylic acids is 1. The van der Waals surface area contributed by atoms with Crippen LogP contribution in [0.2, 0.25) is 0 Å². The molecule has 0 N–H and O–H groups in total. The van der Waals surface area contributed by atoms with Crippen molar-refractivity contribution in [3.05, 3.63) is 33.8 Å². The molecule has 1 atom stereocenters. The molecule has 1 amide bonds. The maximum absolute atomic E-state index is 13.5. The molecular weight excluding hydrogens is 422 g/mol. The minimum atomic E-state index is -3.81. The molecule has 0 saturated carbocycles. The van der Waals surface area contributed by atoms with E-state index in [4.69, 9.17) is 4.52 Å². The second-order valence-electron chi connectivity index (χ2n) is 7.90. The number of piperidine rings is 2. The van der Waals surface area contributed by atoms with Gasteiger partial charge in [-0.2, -0.15) is 4.31 Å². The Bertz CT molecular complexity index is 1010. The van der Waals surface area contributed by atoms with Gasteiger partial charge in [-0.25, -0.2) is 8.42 Å². The van der Waals surface area contributed by atoms with Gasteiger partial charge in [0.15, 0.2) is 10.7 Å². The van der Waals surface area contributed by atoms with Gasteiger partial charge in [0.05, 0.1) is 5.92 Å². The van der Waals surface area contributed by atoms with Gasteiger partial charge in [-0.15, -0.1) is 11.3 Å². The highest BCUT2D eigenvalue weighted by Crippen LogP contribution is 2.30. The molecule has 30 heavy (non-hydrogen) atoms. The minimum absolute atomic E-state index is 0.0921. The van der Waals surface area contributed by atoms with Crippen LogP contribution in [0.5, 0.6) is 0 Å². The van der Waals surface area contributed by atoms with Crippen LogP contribution in [-0.2, 0) is 14.8 Å². The Morgan fingerprint density at radius 3 is 2.73 bits per heavy atom. The van der Waals surface area contributed by atoms with Crippen molar-refractivity contribution in [1.82, 2.24) is 14.4 Å². The topological polar surface area (TPSA) is 83.7 Å². The molecule has 7 nitrogen and oxygen atoms in total. The summed E-state index contributed by atoms with van der Waals surface area (Å²) in [5.41, 5.74) is 0.338. The highest BCUT2D eigenvalue weighted by molar-refractivity contribution is 7.89. The molecule has 2 aliphatic rings. The molecule has 0 spiro atoms. The average molecular weight is 450 g/mol. The van der Waals surface area contributed by atoms with Gasteiger partial charge in [-0.05, 0) is 62.6 Å². The fourth-order valence-corrected chi connectivity index (χ4v) is 6.60. The van der Waals surface area contributed by atoms with Crippen molar-refractivity contribution in [3.63, 3.8) is 0 Å². The highest BCUT2D eigenvalue weighted by Gasteiger charge is 2.38. The molecule has 2 fully saturated rings. The number of thiophene rings is 1. The number of carbonyl (C=O) groups is 1. The molecular formula is C21H27N3O4S2. The van der Waals surface area contributed by atoms with E-state index < -0.39 is 10.0 Å². The normalized spacial score (nSPS) is 21.4. The number of hydrogen-bond acceptors (Lipinski definition) is 6. The summed E-state index contributed by atoms with van der Waals surface area (Å²) in [5.74, 6) is 0.0386. The first-order valence-corrected chi connectivity index (χ1v) is 12.8. The van der Waals surface area contributed by atoms with Crippen molar-refractivity contribution in [2.24, 2.45) is 5.92 Å². The number of sulfonamides is 1. The van der Waals surface area contributed by atoms with Crippen LogP contribution >= 0.6 is 11.3 Å². The van der Waals surface area contributed by atoms with Gasteiger partial charge >= 0.3 is 0 Å². The van der Waals surface area contributed by atoms with E-state index in [1.807, 2.05) is 28.5 Å². The first kappa shape index (κ1) is 21.3. The van der Waals surface area contributed by atoms with Crippen LogP contribution in [-0.4, -0.2) is 54.9 Å². The van der Waals surface area contributed by atoms with Gasteiger partial charge in [0.25, 0.3) is 0 Å². The van der Waals surface area contributed by atoms with Crippen LogP contribution in [0.3, 0.4) is 0 Å². The molecule has 2 aliphatic heterocycles. The maximum Gasteiger partial charge on any atom is 0.248 e. The van der Waals surface area contributed by atoms with Crippen molar-refractivity contribution < 1.29 is 17.7 Å². The molecule has 2 saturated heterocycles. The van der Waals surface area contributed by atoms with Gasteiger partial charge in [-0.1, -0.05) is 11.2 Å². The van der Waals surface area contributed by atoms with Crippen LogP contribution in [0, 0.1) is 12.8 Å². The Balaban J connectivity index is 1.54. The number of aryl methyl sites for hydroxylation is 1. The number of amides is 1. The molecule has 4 rings (SSSR count). The third-order valence-electron chi connectivity index (χ3n) is 5.77. The number of aromatic nitrogens is 1. The first-order valence-electron chi connectivity index (χ1n) is 10.4. The first-order chi connectivity index (χ1) is 14.5. The summed E-state index contributed by atoms with van der Waals surface area (Å²) < 4.78 is 33.7. The summed E-state index contributed by atoms with van der Waals surface area (Å²) >= 11 is 1.56. The van der Waals surface area contributed by atoms with E-state index in [2.05, 4.69) is 5.16 Å².